The lowest BCUT2D eigenvalue weighted by Crippen LogP contribution is -2.43. The molecule has 0 aliphatic carbocycles. The van der Waals surface area contributed by atoms with E-state index in [9.17, 15) is 9.59 Å². The number of methoxy groups -OCH3 is 1. The molecule has 0 bridgehead atoms. The van der Waals surface area contributed by atoms with E-state index in [2.05, 4.69) is 0 Å². The van der Waals surface area contributed by atoms with E-state index in [1.807, 2.05) is 45.0 Å². The topological polar surface area (TPSA) is 59.1 Å². The number of rotatable bonds is 7. The van der Waals surface area contributed by atoms with Gasteiger partial charge in [0.2, 0.25) is 11.8 Å². The van der Waals surface area contributed by atoms with Gasteiger partial charge in [-0.3, -0.25) is 9.59 Å². The molecule has 26 heavy (non-hydrogen) atoms. The summed E-state index contributed by atoms with van der Waals surface area (Å²) in [6.45, 7) is 7.58. The number of carbonyl (C=O) groups is 2. The third-order valence-corrected chi connectivity index (χ3v) is 4.62. The third-order valence-electron chi connectivity index (χ3n) is 4.62. The predicted molar refractivity (Wildman–Crippen MR) is 100 cm³/mol. The van der Waals surface area contributed by atoms with Gasteiger partial charge in [-0.1, -0.05) is 12.1 Å². The van der Waals surface area contributed by atoms with Crippen LogP contribution in [0.1, 0.15) is 33.6 Å². The van der Waals surface area contributed by atoms with E-state index in [-0.39, 0.29) is 23.3 Å². The van der Waals surface area contributed by atoms with Gasteiger partial charge in [0.05, 0.1) is 19.6 Å². The molecule has 2 amide bonds. The molecule has 0 spiro atoms. The quantitative estimate of drug-likeness (QED) is 0.700. The first kappa shape index (κ1) is 20.1. The molecular formula is C20H30N2O4. The van der Waals surface area contributed by atoms with Gasteiger partial charge in [-0.05, 0) is 39.3 Å². The summed E-state index contributed by atoms with van der Waals surface area (Å²) in [6.07, 6.45) is 1.02. The van der Waals surface area contributed by atoms with Gasteiger partial charge in [0, 0.05) is 32.1 Å². The molecular weight excluding hydrogens is 332 g/mol. The maximum atomic E-state index is 12.6. The Bertz CT molecular complexity index is 639. The Morgan fingerprint density at radius 3 is 2.50 bits per heavy atom. The second-order valence-corrected chi connectivity index (χ2v) is 7.69. The highest BCUT2D eigenvalue weighted by molar-refractivity contribution is 5.89. The molecule has 1 unspecified atom stereocenters. The lowest BCUT2D eigenvalue weighted by Gasteiger charge is -2.32. The highest BCUT2D eigenvalue weighted by Crippen LogP contribution is 2.27. The number of amides is 2. The van der Waals surface area contributed by atoms with Crippen molar-refractivity contribution in [2.24, 2.45) is 5.92 Å². The molecule has 2 rings (SSSR count). The van der Waals surface area contributed by atoms with Crippen LogP contribution >= 0.6 is 0 Å². The number of carbonyl (C=O) groups excluding carboxylic acids is 2. The van der Waals surface area contributed by atoms with Crippen molar-refractivity contribution < 1.29 is 19.1 Å². The Morgan fingerprint density at radius 1 is 1.27 bits per heavy atom. The van der Waals surface area contributed by atoms with Crippen LogP contribution in [0, 0.1) is 5.92 Å². The van der Waals surface area contributed by atoms with Crippen LogP contribution in [0.4, 0.5) is 0 Å². The van der Waals surface area contributed by atoms with Gasteiger partial charge in [-0.25, -0.2) is 0 Å². The van der Waals surface area contributed by atoms with Crippen molar-refractivity contribution in [1.82, 2.24) is 9.80 Å². The summed E-state index contributed by atoms with van der Waals surface area (Å²) in [4.78, 5) is 28.3. The van der Waals surface area contributed by atoms with E-state index < -0.39 is 0 Å². The Kier molecular flexibility index (Phi) is 6.51. The minimum absolute atomic E-state index is 0.0300. The van der Waals surface area contributed by atoms with Gasteiger partial charge in [-0.15, -0.1) is 0 Å². The highest BCUT2D eigenvalue weighted by Gasteiger charge is 2.40. The average Bonchev–Trinajstić information content (AvgIpc) is 3.00. The lowest BCUT2D eigenvalue weighted by molar-refractivity contribution is -0.134. The van der Waals surface area contributed by atoms with Crippen LogP contribution < -0.4 is 9.47 Å². The van der Waals surface area contributed by atoms with Crippen LogP contribution in [0.25, 0.3) is 0 Å². The maximum Gasteiger partial charge on any atom is 0.227 e. The zero-order valence-electron chi connectivity index (χ0n) is 16.4. The molecule has 6 heteroatoms. The van der Waals surface area contributed by atoms with E-state index in [1.165, 1.54) is 0 Å². The van der Waals surface area contributed by atoms with Gasteiger partial charge >= 0.3 is 0 Å². The van der Waals surface area contributed by atoms with Crippen LogP contribution in [0.5, 0.6) is 11.5 Å². The monoisotopic (exact) mass is 362 g/mol. The molecule has 1 saturated heterocycles. The van der Waals surface area contributed by atoms with Crippen LogP contribution in [0.15, 0.2) is 24.3 Å². The van der Waals surface area contributed by atoms with Gasteiger partial charge in [-0.2, -0.15) is 0 Å². The Morgan fingerprint density at radius 2 is 1.92 bits per heavy atom. The fourth-order valence-corrected chi connectivity index (χ4v) is 3.16. The number of likely N-dealkylation sites (tertiary alicyclic amines) is 1. The van der Waals surface area contributed by atoms with Gasteiger partial charge in [0.25, 0.3) is 0 Å². The van der Waals surface area contributed by atoms with Crippen molar-refractivity contribution in [3.05, 3.63) is 24.3 Å². The average molecular weight is 362 g/mol. The molecule has 0 N–H and O–H groups in total. The minimum atomic E-state index is -0.248. The van der Waals surface area contributed by atoms with Crippen LogP contribution in [-0.4, -0.2) is 61.0 Å². The fourth-order valence-electron chi connectivity index (χ4n) is 3.16. The third kappa shape index (κ3) is 4.90. The number of benzene rings is 1. The van der Waals surface area contributed by atoms with Crippen molar-refractivity contribution in [2.75, 3.05) is 33.9 Å². The van der Waals surface area contributed by atoms with Crippen molar-refractivity contribution in [2.45, 2.75) is 39.2 Å². The summed E-state index contributed by atoms with van der Waals surface area (Å²) in [7, 11) is 3.40. The Labute approximate surface area is 156 Å². The number of hydrogen-bond donors (Lipinski definition) is 0. The summed E-state index contributed by atoms with van der Waals surface area (Å²) in [5, 5.41) is 0. The minimum Gasteiger partial charge on any atom is -0.493 e. The molecule has 1 aliphatic heterocycles. The van der Waals surface area contributed by atoms with Gasteiger partial charge in [0.15, 0.2) is 11.5 Å². The number of nitrogens with zero attached hydrogens (tertiary/aromatic N) is 2. The summed E-state index contributed by atoms with van der Waals surface area (Å²) >= 11 is 0. The predicted octanol–water partition coefficient (Wildman–Crippen LogP) is 2.57. The van der Waals surface area contributed by atoms with Crippen molar-refractivity contribution in [1.29, 1.82) is 0 Å². The molecule has 1 atom stereocenters. The largest absolute Gasteiger partial charge is 0.493 e. The molecule has 0 saturated carbocycles. The standard InChI is InChI=1S/C20H30N2O4/c1-20(2,3)22-14-15(13-18(22)23)19(24)21(4)11-8-12-26-17-10-7-6-9-16(17)25-5/h6-7,9-10,15H,8,11-14H2,1-5H3. The molecule has 1 heterocycles. The SMILES string of the molecule is COc1ccccc1OCCCN(C)C(=O)C1CC(=O)N(C(C)(C)C)C1. The highest BCUT2D eigenvalue weighted by atomic mass is 16.5. The molecule has 6 nitrogen and oxygen atoms in total. The second kappa shape index (κ2) is 8.43. The zero-order chi connectivity index (χ0) is 19.3. The number of hydrogen-bond acceptors (Lipinski definition) is 4. The van der Waals surface area contributed by atoms with Crippen LogP contribution in [0.2, 0.25) is 0 Å². The van der Waals surface area contributed by atoms with E-state index in [0.29, 0.717) is 44.0 Å². The number of ether oxygens (including phenoxy) is 2. The van der Waals surface area contributed by atoms with E-state index >= 15 is 0 Å². The Hall–Kier alpha value is -2.24. The maximum absolute atomic E-state index is 12.6. The summed E-state index contributed by atoms with van der Waals surface area (Å²) in [6, 6.07) is 7.50. The summed E-state index contributed by atoms with van der Waals surface area (Å²) < 4.78 is 11.0. The van der Waals surface area contributed by atoms with Crippen LogP contribution in [-0.2, 0) is 9.59 Å². The fraction of sp³-hybridized carbons (Fsp3) is 0.600. The zero-order valence-corrected chi connectivity index (χ0v) is 16.4. The second-order valence-electron chi connectivity index (χ2n) is 7.69. The molecule has 0 radical (unpaired) electrons. The smallest absolute Gasteiger partial charge is 0.227 e. The first-order valence-corrected chi connectivity index (χ1v) is 9.05. The van der Waals surface area contributed by atoms with Gasteiger partial charge in [0.1, 0.15) is 0 Å². The molecule has 1 aromatic carbocycles. The first-order valence-electron chi connectivity index (χ1n) is 9.05. The van der Waals surface area contributed by atoms with Crippen molar-refractivity contribution >= 4 is 11.8 Å². The van der Waals surface area contributed by atoms with Crippen LogP contribution in [0.3, 0.4) is 0 Å². The van der Waals surface area contributed by atoms with E-state index in [4.69, 9.17) is 9.47 Å². The van der Waals surface area contributed by atoms with Crippen molar-refractivity contribution in [3.8, 4) is 11.5 Å². The van der Waals surface area contributed by atoms with E-state index in [0.717, 1.165) is 0 Å². The van der Waals surface area contributed by atoms with E-state index in [1.54, 1.807) is 24.0 Å². The molecule has 1 fully saturated rings. The van der Waals surface area contributed by atoms with Gasteiger partial charge < -0.3 is 19.3 Å². The molecule has 0 aromatic heterocycles. The molecule has 144 valence electrons. The number of para-hydroxylation sites is 2. The first-order chi connectivity index (χ1) is 12.2. The molecule has 1 aromatic rings. The summed E-state index contributed by atoms with van der Waals surface area (Å²) in [5.74, 6) is 1.24. The normalized spacial score (nSPS) is 17.3. The van der Waals surface area contributed by atoms with Crippen molar-refractivity contribution in [3.63, 3.8) is 0 Å². The summed E-state index contributed by atoms with van der Waals surface area (Å²) in [5.41, 5.74) is -0.243. The lowest BCUT2D eigenvalue weighted by atomic mass is 10.1. The Balaban J connectivity index is 1.78. The molecule has 1 aliphatic rings.